The first-order chi connectivity index (χ1) is 18.1. The maximum Gasteiger partial charge on any atom is 0.416 e. The summed E-state index contributed by atoms with van der Waals surface area (Å²) < 4.78 is 91.6. The fraction of sp³-hybridized carbons (Fsp3) is 0.481. The van der Waals surface area contributed by atoms with Crippen LogP contribution in [-0.4, -0.2) is 23.1 Å². The molecule has 4 rings (SSSR count). The lowest BCUT2D eigenvalue weighted by molar-refractivity contribution is -0.143. The molecule has 0 saturated carbocycles. The summed E-state index contributed by atoms with van der Waals surface area (Å²) in [5.74, 6) is 0. The van der Waals surface area contributed by atoms with Gasteiger partial charge in [0, 0.05) is 6.54 Å². The van der Waals surface area contributed by atoms with Crippen molar-refractivity contribution in [3.8, 4) is 6.19 Å². The first-order valence-electron chi connectivity index (χ1n) is 12.3. The van der Waals surface area contributed by atoms with E-state index < -0.39 is 47.8 Å². The third-order valence-corrected chi connectivity index (χ3v) is 6.49. The number of nitrogens with zero attached hydrogens (tertiary/aromatic N) is 3. The molecule has 1 unspecified atom stereocenters. The standard InChI is InChI=1S/C27H27F6N3O3/c1-25(2,3)39-24(37)36-6-4-5-22(21-9-17-13-38-14-18(17)10-23(21)36)35(15-34)12-16-7-19(26(28,29)30)11-20(8-16)27(31,32)33/h7-11,22H,4-6,12-14H2,1-3H3. The summed E-state index contributed by atoms with van der Waals surface area (Å²) in [6.07, 6.45) is -7.91. The minimum absolute atomic E-state index is 0.0587. The molecule has 0 spiro atoms. The molecule has 210 valence electrons. The lowest BCUT2D eigenvalue weighted by atomic mass is 9.95. The molecule has 0 fully saturated rings. The number of hydrogen-bond donors (Lipinski definition) is 0. The number of anilines is 1. The van der Waals surface area contributed by atoms with Crippen LogP contribution in [0.2, 0.25) is 0 Å². The molecule has 1 amide bonds. The van der Waals surface area contributed by atoms with Gasteiger partial charge < -0.3 is 9.47 Å². The van der Waals surface area contributed by atoms with Crippen molar-refractivity contribution in [3.05, 3.63) is 63.7 Å². The van der Waals surface area contributed by atoms with E-state index in [0.717, 1.165) is 16.0 Å². The number of rotatable bonds is 3. The topological polar surface area (TPSA) is 65.8 Å². The minimum atomic E-state index is -5.00. The second kappa shape index (κ2) is 10.3. The van der Waals surface area contributed by atoms with Crippen molar-refractivity contribution < 1.29 is 40.6 Å². The predicted molar refractivity (Wildman–Crippen MR) is 128 cm³/mol. The number of amides is 1. The van der Waals surface area contributed by atoms with E-state index in [1.807, 2.05) is 6.19 Å². The molecule has 39 heavy (non-hydrogen) atoms. The molecule has 0 aromatic heterocycles. The molecule has 1 atom stereocenters. The van der Waals surface area contributed by atoms with Crippen LogP contribution in [0.4, 0.5) is 36.8 Å². The van der Waals surface area contributed by atoms with Gasteiger partial charge in [0.05, 0.1) is 42.6 Å². The SMILES string of the molecule is CC(C)(C)OC(=O)N1CCCC(N(C#N)Cc2cc(C(F)(F)F)cc(C(F)(F)F)c2)c2cc3c(cc21)COC3. The zero-order valence-corrected chi connectivity index (χ0v) is 21.5. The van der Waals surface area contributed by atoms with Crippen molar-refractivity contribution in [2.75, 3.05) is 11.4 Å². The van der Waals surface area contributed by atoms with Gasteiger partial charge in [-0.05, 0) is 86.2 Å². The average molecular weight is 556 g/mol. The number of ether oxygens (including phenoxy) is 2. The first-order valence-corrected chi connectivity index (χ1v) is 12.3. The lowest BCUT2D eigenvalue weighted by Gasteiger charge is -2.30. The van der Waals surface area contributed by atoms with Gasteiger partial charge in [-0.25, -0.2) is 4.79 Å². The largest absolute Gasteiger partial charge is 0.443 e. The highest BCUT2D eigenvalue weighted by Gasteiger charge is 2.38. The zero-order valence-electron chi connectivity index (χ0n) is 21.5. The Kier molecular flexibility index (Phi) is 7.51. The van der Waals surface area contributed by atoms with Gasteiger partial charge in [0.1, 0.15) is 5.60 Å². The Balaban J connectivity index is 1.76. The van der Waals surface area contributed by atoms with E-state index in [9.17, 15) is 36.4 Å². The van der Waals surface area contributed by atoms with E-state index in [0.29, 0.717) is 49.4 Å². The van der Waals surface area contributed by atoms with Gasteiger partial charge in [-0.1, -0.05) is 0 Å². The van der Waals surface area contributed by atoms with Gasteiger partial charge in [-0.2, -0.15) is 31.6 Å². The molecule has 0 saturated heterocycles. The quantitative estimate of drug-likeness (QED) is 0.226. The van der Waals surface area contributed by atoms with Gasteiger partial charge in [-0.15, -0.1) is 0 Å². The molecule has 0 bridgehead atoms. The molecule has 2 aliphatic rings. The monoisotopic (exact) mass is 555 g/mol. The van der Waals surface area contributed by atoms with Crippen molar-refractivity contribution in [2.45, 2.75) is 77.4 Å². The normalized spacial score (nSPS) is 17.6. The molecule has 6 nitrogen and oxygen atoms in total. The highest BCUT2D eigenvalue weighted by molar-refractivity contribution is 5.89. The summed E-state index contributed by atoms with van der Waals surface area (Å²) in [5, 5.41) is 10.0. The van der Waals surface area contributed by atoms with Crippen LogP contribution < -0.4 is 4.90 Å². The molecule has 0 N–H and O–H groups in total. The van der Waals surface area contributed by atoms with Gasteiger partial charge in [-0.3, -0.25) is 9.80 Å². The molecular weight excluding hydrogens is 528 g/mol. The van der Waals surface area contributed by atoms with E-state index in [4.69, 9.17) is 9.47 Å². The molecule has 0 radical (unpaired) electrons. The fourth-order valence-electron chi connectivity index (χ4n) is 4.81. The molecule has 2 aromatic carbocycles. The van der Waals surface area contributed by atoms with Gasteiger partial charge in [0.2, 0.25) is 0 Å². The number of benzene rings is 2. The van der Waals surface area contributed by atoms with Crippen LogP contribution in [0.15, 0.2) is 30.3 Å². The van der Waals surface area contributed by atoms with Crippen LogP contribution in [0.5, 0.6) is 0 Å². The number of carbonyl (C=O) groups is 1. The predicted octanol–water partition coefficient (Wildman–Crippen LogP) is 7.31. The maximum atomic E-state index is 13.4. The second-order valence-corrected chi connectivity index (χ2v) is 10.6. The summed E-state index contributed by atoms with van der Waals surface area (Å²) in [4.78, 5) is 15.7. The van der Waals surface area contributed by atoms with Crippen molar-refractivity contribution in [1.82, 2.24) is 4.90 Å². The number of carbonyl (C=O) groups excluding carboxylic acids is 1. The zero-order chi connectivity index (χ0) is 28.8. The van der Waals surface area contributed by atoms with Gasteiger partial charge >= 0.3 is 18.4 Å². The van der Waals surface area contributed by atoms with E-state index >= 15 is 0 Å². The summed E-state index contributed by atoms with van der Waals surface area (Å²) in [5.41, 5.74) is -1.28. The van der Waals surface area contributed by atoms with Crippen LogP contribution in [-0.2, 0) is 41.6 Å². The number of fused-ring (bicyclic) bond motifs is 2. The number of hydrogen-bond acceptors (Lipinski definition) is 5. The smallest absolute Gasteiger partial charge is 0.416 e. The summed E-state index contributed by atoms with van der Waals surface area (Å²) in [7, 11) is 0. The summed E-state index contributed by atoms with van der Waals surface area (Å²) >= 11 is 0. The third kappa shape index (κ3) is 6.41. The van der Waals surface area contributed by atoms with Crippen molar-refractivity contribution in [3.63, 3.8) is 0 Å². The lowest BCUT2D eigenvalue weighted by Crippen LogP contribution is -2.37. The van der Waals surface area contributed by atoms with Crippen molar-refractivity contribution in [2.24, 2.45) is 0 Å². The number of alkyl halides is 6. The van der Waals surface area contributed by atoms with Crippen LogP contribution in [0.3, 0.4) is 0 Å². The Bertz CT molecular complexity index is 1260. The van der Waals surface area contributed by atoms with Crippen molar-refractivity contribution in [1.29, 1.82) is 5.26 Å². The van der Waals surface area contributed by atoms with E-state index in [-0.39, 0.29) is 18.2 Å². The Morgan fingerprint density at radius 1 is 1.03 bits per heavy atom. The van der Waals surface area contributed by atoms with E-state index in [1.54, 1.807) is 32.9 Å². The summed E-state index contributed by atoms with van der Waals surface area (Å²) in [6, 6.07) is 4.17. The molecular formula is C27H27F6N3O3. The van der Waals surface area contributed by atoms with Gasteiger partial charge in [0.15, 0.2) is 6.19 Å². The van der Waals surface area contributed by atoms with Crippen LogP contribution in [0, 0.1) is 11.5 Å². The fourth-order valence-corrected chi connectivity index (χ4v) is 4.81. The number of nitriles is 1. The van der Waals surface area contributed by atoms with Crippen LogP contribution >= 0.6 is 0 Å². The molecule has 2 aliphatic heterocycles. The van der Waals surface area contributed by atoms with Crippen LogP contribution in [0.25, 0.3) is 0 Å². The highest BCUT2D eigenvalue weighted by Crippen LogP contribution is 2.42. The molecule has 2 aromatic rings. The third-order valence-electron chi connectivity index (χ3n) is 6.49. The summed E-state index contributed by atoms with van der Waals surface area (Å²) in [6.45, 7) is 5.56. The van der Waals surface area contributed by atoms with Crippen LogP contribution in [0.1, 0.15) is 73.0 Å². The van der Waals surface area contributed by atoms with Crippen molar-refractivity contribution >= 4 is 11.8 Å². The minimum Gasteiger partial charge on any atom is -0.443 e. The average Bonchev–Trinajstić information content (AvgIpc) is 3.19. The Labute approximate surface area is 221 Å². The first kappa shape index (κ1) is 28.5. The maximum absolute atomic E-state index is 13.4. The van der Waals surface area contributed by atoms with E-state index in [1.165, 1.54) is 4.90 Å². The highest BCUT2D eigenvalue weighted by atomic mass is 19.4. The van der Waals surface area contributed by atoms with Gasteiger partial charge in [0.25, 0.3) is 0 Å². The Morgan fingerprint density at radius 3 is 2.15 bits per heavy atom. The number of halogens is 6. The molecule has 12 heteroatoms. The van der Waals surface area contributed by atoms with E-state index in [2.05, 4.69) is 0 Å². The second-order valence-electron chi connectivity index (χ2n) is 10.6. The molecule has 0 aliphatic carbocycles. The Morgan fingerprint density at radius 2 is 1.62 bits per heavy atom. The molecule has 2 heterocycles. The Hall–Kier alpha value is -3.46.